The van der Waals surface area contributed by atoms with Crippen molar-refractivity contribution in [3.05, 3.63) is 28.5 Å². The zero-order valence-electron chi connectivity index (χ0n) is 11.1. The van der Waals surface area contributed by atoms with Crippen molar-refractivity contribution in [1.82, 2.24) is 14.7 Å². The highest BCUT2D eigenvalue weighted by atomic mass is 32.1. The van der Waals surface area contributed by atoms with E-state index in [9.17, 15) is 0 Å². The molecule has 4 nitrogen and oxygen atoms in total. The molecule has 1 N–H and O–H groups in total. The quantitative estimate of drug-likeness (QED) is 0.814. The van der Waals surface area contributed by atoms with Crippen molar-refractivity contribution in [2.75, 3.05) is 26.8 Å². The van der Waals surface area contributed by atoms with Gasteiger partial charge >= 0.3 is 0 Å². The molecule has 0 unspecified atom stereocenters. The Hall–Kier alpha value is -1.17. The van der Waals surface area contributed by atoms with E-state index in [1.54, 1.807) is 18.4 Å². The van der Waals surface area contributed by atoms with Crippen molar-refractivity contribution in [3.8, 4) is 0 Å². The molecule has 0 aliphatic carbocycles. The zero-order valence-corrected chi connectivity index (χ0v) is 11.9. The number of aryl methyl sites for hydroxylation is 2. The predicted molar refractivity (Wildman–Crippen MR) is 76.3 cm³/mol. The fourth-order valence-corrected chi connectivity index (χ4v) is 2.69. The monoisotopic (exact) mass is 265 g/mol. The molecule has 0 bridgehead atoms. The van der Waals surface area contributed by atoms with Crippen LogP contribution < -0.4 is 5.32 Å². The summed E-state index contributed by atoms with van der Waals surface area (Å²) >= 11 is 1.72. The van der Waals surface area contributed by atoms with Gasteiger partial charge < -0.3 is 10.1 Å². The molecule has 0 atom stereocenters. The third-order valence-corrected chi connectivity index (χ3v) is 3.58. The fourth-order valence-electron chi connectivity index (χ4n) is 1.81. The molecule has 5 heteroatoms. The van der Waals surface area contributed by atoms with Crippen molar-refractivity contribution in [3.63, 3.8) is 0 Å². The van der Waals surface area contributed by atoms with Gasteiger partial charge in [-0.3, -0.25) is 4.40 Å². The van der Waals surface area contributed by atoms with Crippen LogP contribution in [0.3, 0.4) is 0 Å². The van der Waals surface area contributed by atoms with Gasteiger partial charge in [-0.1, -0.05) is 6.08 Å². The van der Waals surface area contributed by atoms with Gasteiger partial charge in [-0.2, -0.15) is 0 Å². The van der Waals surface area contributed by atoms with Crippen LogP contribution in [0.2, 0.25) is 0 Å². The minimum atomic E-state index is 0.744. The molecular formula is C13H19N3OS. The second-order valence-electron chi connectivity index (χ2n) is 4.18. The molecule has 0 aliphatic rings. The maximum Gasteiger partial charge on any atom is 0.194 e. The maximum absolute atomic E-state index is 4.97. The number of aromatic nitrogens is 2. The van der Waals surface area contributed by atoms with Crippen molar-refractivity contribution in [2.24, 2.45) is 0 Å². The lowest BCUT2D eigenvalue weighted by Gasteiger charge is -1.99. The average Bonchev–Trinajstić information content (AvgIpc) is 2.80. The number of imidazole rings is 1. The van der Waals surface area contributed by atoms with Gasteiger partial charge in [0.2, 0.25) is 0 Å². The Labute approximate surface area is 111 Å². The van der Waals surface area contributed by atoms with E-state index in [0.29, 0.717) is 0 Å². The third-order valence-electron chi connectivity index (χ3n) is 2.68. The van der Waals surface area contributed by atoms with Crippen LogP contribution in [0.1, 0.15) is 16.3 Å². The first-order chi connectivity index (χ1) is 8.72. The molecule has 98 valence electrons. The first-order valence-electron chi connectivity index (χ1n) is 6.03. The van der Waals surface area contributed by atoms with Crippen LogP contribution in [0.5, 0.6) is 0 Å². The molecule has 2 aromatic rings. The standard InChI is InChI=1S/C13H19N3OS/c1-10-9-16-12(11(2)15-13(16)18-10)5-4-6-14-7-8-17-3/h4-5,9,14H,6-8H2,1-3H3. The van der Waals surface area contributed by atoms with Crippen LogP contribution in [0.15, 0.2) is 12.3 Å². The maximum atomic E-state index is 4.97. The smallest absolute Gasteiger partial charge is 0.194 e. The highest BCUT2D eigenvalue weighted by molar-refractivity contribution is 7.17. The Morgan fingerprint density at radius 2 is 2.33 bits per heavy atom. The van der Waals surface area contributed by atoms with Gasteiger partial charge in [0.15, 0.2) is 4.96 Å². The Morgan fingerprint density at radius 1 is 1.50 bits per heavy atom. The van der Waals surface area contributed by atoms with Crippen LogP contribution in [-0.4, -0.2) is 36.2 Å². The van der Waals surface area contributed by atoms with E-state index < -0.39 is 0 Å². The molecule has 0 aliphatic heterocycles. The van der Waals surface area contributed by atoms with E-state index in [1.165, 1.54) is 10.6 Å². The van der Waals surface area contributed by atoms with Crippen LogP contribution in [-0.2, 0) is 4.74 Å². The van der Waals surface area contributed by atoms with E-state index in [0.717, 1.165) is 30.4 Å². The van der Waals surface area contributed by atoms with Crippen molar-refractivity contribution in [2.45, 2.75) is 13.8 Å². The van der Waals surface area contributed by atoms with E-state index in [-0.39, 0.29) is 0 Å². The summed E-state index contributed by atoms with van der Waals surface area (Å²) in [6, 6.07) is 0. The Bertz CT molecular complexity index is 542. The number of thiazole rings is 1. The highest BCUT2D eigenvalue weighted by Gasteiger charge is 2.07. The van der Waals surface area contributed by atoms with Gasteiger partial charge in [0.05, 0.1) is 18.0 Å². The summed E-state index contributed by atoms with van der Waals surface area (Å²) < 4.78 is 7.13. The molecule has 0 fully saturated rings. The zero-order chi connectivity index (χ0) is 13.0. The molecule has 0 saturated carbocycles. The normalized spacial score (nSPS) is 11.9. The van der Waals surface area contributed by atoms with Gasteiger partial charge in [-0.05, 0) is 19.9 Å². The number of methoxy groups -OCH3 is 1. The van der Waals surface area contributed by atoms with Crippen molar-refractivity contribution in [1.29, 1.82) is 0 Å². The SMILES string of the molecule is COCCNCC=Cc1c(C)nc2sc(C)cn12. The van der Waals surface area contributed by atoms with Crippen LogP contribution in [0.4, 0.5) is 0 Å². The molecule has 2 rings (SSSR count). The van der Waals surface area contributed by atoms with Gasteiger partial charge in [0.25, 0.3) is 0 Å². The number of nitrogens with zero attached hydrogens (tertiary/aromatic N) is 2. The van der Waals surface area contributed by atoms with Crippen LogP contribution in [0, 0.1) is 13.8 Å². The van der Waals surface area contributed by atoms with E-state index in [4.69, 9.17) is 4.74 Å². The summed E-state index contributed by atoms with van der Waals surface area (Å²) in [6.07, 6.45) is 6.39. The lowest BCUT2D eigenvalue weighted by atomic mass is 10.3. The van der Waals surface area contributed by atoms with Gasteiger partial charge in [0, 0.05) is 31.3 Å². The minimum absolute atomic E-state index is 0.744. The third kappa shape index (κ3) is 2.98. The second-order valence-corrected chi connectivity index (χ2v) is 5.39. The van der Waals surface area contributed by atoms with Crippen LogP contribution in [0.25, 0.3) is 11.0 Å². The van der Waals surface area contributed by atoms with Crippen molar-refractivity contribution < 1.29 is 4.74 Å². The first-order valence-corrected chi connectivity index (χ1v) is 6.85. The topological polar surface area (TPSA) is 38.6 Å². The van der Waals surface area contributed by atoms with E-state index in [2.05, 4.69) is 40.0 Å². The molecule has 0 radical (unpaired) electrons. The molecule has 2 aromatic heterocycles. The second kappa shape index (κ2) is 6.13. The predicted octanol–water partition coefficient (Wildman–Crippen LogP) is 2.26. The molecule has 2 heterocycles. The molecule has 0 spiro atoms. The molecule has 18 heavy (non-hydrogen) atoms. The lowest BCUT2D eigenvalue weighted by molar-refractivity contribution is 0.200. The number of hydrogen-bond donors (Lipinski definition) is 1. The number of hydrogen-bond acceptors (Lipinski definition) is 4. The van der Waals surface area contributed by atoms with Gasteiger partial charge in [0.1, 0.15) is 0 Å². The van der Waals surface area contributed by atoms with Gasteiger partial charge in [-0.25, -0.2) is 4.98 Å². The number of nitrogens with one attached hydrogen (secondary N) is 1. The number of rotatable bonds is 6. The first kappa shape index (κ1) is 13.3. The minimum Gasteiger partial charge on any atom is -0.383 e. The number of fused-ring (bicyclic) bond motifs is 1. The lowest BCUT2D eigenvalue weighted by Crippen LogP contribution is -2.18. The summed E-state index contributed by atoms with van der Waals surface area (Å²) in [5.41, 5.74) is 2.25. The fraction of sp³-hybridized carbons (Fsp3) is 0.462. The van der Waals surface area contributed by atoms with Gasteiger partial charge in [-0.15, -0.1) is 11.3 Å². The van der Waals surface area contributed by atoms with Crippen molar-refractivity contribution >= 4 is 22.4 Å². The summed E-state index contributed by atoms with van der Waals surface area (Å²) in [5.74, 6) is 0. The molecule has 0 saturated heterocycles. The summed E-state index contributed by atoms with van der Waals surface area (Å²) in [4.78, 5) is 6.90. The molecule has 0 amide bonds. The largest absolute Gasteiger partial charge is 0.383 e. The summed E-state index contributed by atoms with van der Waals surface area (Å²) in [6.45, 7) is 6.62. The molecule has 0 aromatic carbocycles. The van der Waals surface area contributed by atoms with Crippen LogP contribution >= 0.6 is 11.3 Å². The van der Waals surface area contributed by atoms with E-state index in [1.807, 2.05) is 6.92 Å². The average molecular weight is 265 g/mol. The molecular weight excluding hydrogens is 246 g/mol. The Morgan fingerprint density at radius 3 is 3.11 bits per heavy atom. The Kier molecular flexibility index (Phi) is 4.52. The highest BCUT2D eigenvalue weighted by Crippen LogP contribution is 2.21. The Balaban J connectivity index is 2.01. The number of ether oxygens (including phenoxy) is 1. The van der Waals surface area contributed by atoms with E-state index >= 15 is 0 Å². The summed E-state index contributed by atoms with van der Waals surface area (Å²) in [7, 11) is 1.71. The summed E-state index contributed by atoms with van der Waals surface area (Å²) in [5, 5.41) is 3.28.